The molecule has 0 aromatic heterocycles. The summed E-state index contributed by atoms with van der Waals surface area (Å²) in [5.74, 6) is 0.631. The maximum Gasteiger partial charge on any atom is 0.254 e. The molecule has 170 valence electrons. The van der Waals surface area contributed by atoms with E-state index < -0.39 is 10.0 Å². The Balaban J connectivity index is 1.52. The molecule has 0 N–H and O–H groups in total. The number of nitrogens with zero attached hydrogens (tertiary/aromatic N) is 3. The predicted molar refractivity (Wildman–Crippen MR) is 118 cm³/mol. The molecule has 0 unspecified atom stereocenters. The van der Waals surface area contributed by atoms with Crippen LogP contribution in [0.25, 0.3) is 0 Å². The second-order valence-electron chi connectivity index (χ2n) is 9.30. The molecule has 0 atom stereocenters. The normalized spacial score (nSPS) is 25.3. The highest BCUT2D eigenvalue weighted by molar-refractivity contribution is 7.89. The zero-order chi connectivity index (χ0) is 22.2. The average Bonchev–Trinajstić information content (AvgIpc) is 3.60. The van der Waals surface area contributed by atoms with Gasteiger partial charge in [0.25, 0.3) is 5.91 Å². The summed E-state index contributed by atoms with van der Waals surface area (Å²) in [4.78, 5) is 28.8. The second-order valence-corrected chi connectivity index (χ2v) is 11.2. The molecule has 1 heterocycles. The van der Waals surface area contributed by atoms with Crippen LogP contribution in [0.1, 0.15) is 62.7 Å². The zero-order valence-corrected chi connectivity index (χ0v) is 19.3. The van der Waals surface area contributed by atoms with Crippen molar-refractivity contribution in [2.24, 2.45) is 5.92 Å². The maximum atomic E-state index is 13.5. The molecule has 0 spiro atoms. The fourth-order valence-electron chi connectivity index (χ4n) is 4.83. The van der Waals surface area contributed by atoms with Gasteiger partial charge in [-0.25, -0.2) is 8.42 Å². The number of hydrogen-bond donors (Lipinski definition) is 0. The molecule has 2 amide bonds. The Hall–Kier alpha value is -1.93. The lowest BCUT2D eigenvalue weighted by molar-refractivity contribution is -0.129. The second kappa shape index (κ2) is 8.90. The van der Waals surface area contributed by atoms with Crippen LogP contribution >= 0.6 is 0 Å². The highest BCUT2D eigenvalue weighted by atomic mass is 32.2. The van der Waals surface area contributed by atoms with Crippen molar-refractivity contribution in [2.75, 3.05) is 26.2 Å². The van der Waals surface area contributed by atoms with Crippen LogP contribution in [0.15, 0.2) is 29.2 Å². The number of carbonyl (C=O) groups is 2. The van der Waals surface area contributed by atoms with Gasteiger partial charge in [0.15, 0.2) is 0 Å². The SMILES string of the molecule is CC(=O)N1CCN(S(=O)(=O)c2cccc(C(=O)N(C3CCC(C)CC3)C3CC3)c2)CC1. The van der Waals surface area contributed by atoms with Gasteiger partial charge in [0.05, 0.1) is 4.90 Å². The van der Waals surface area contributed by atoms with Crippen LogP contribution in [-0.4, -0.2) is 72.6 Å². The van der Waals surface area contributed by atoms with E-state index in [1.807, 2.05) is 4.90 Å². The van der Waals surface area contributed by atoms with Crippen LogP contribution in [0.2, 0.25) is 0 Å². The number of piperazine rings is 1. The van der Waals surface area contributed by atoms with E-state index in [9.17, 15) is 18.0 Å². The van der Waals surface area contributed by atoms with E-state index in [-0.39, 0.29) is 35.8 Å². The third kappa shape index (κ3) is 4.80. The van der Waals surface area contributed by atoms with Gasteiger partial charge >= 0.3 is 0 Å². The summed E-state index contributed by atoms with van der Waals surface area (Å²) in [7, 11) is -3.71. The van der Waals surface area contributed by atoms with E-state index in [1.54, 1.807) is 23.1 Å². The highest BCUT2D eigenvalue weighted by Gasteiger charge is 2.39. The molecule has 1 aromatic carbocycles. The van der Waals surface area contributed by atoms with Crippen LogP contribution in [0.3, 0.4) is 0 Å². The third-order valence-corrected chi connectivity index (χ3v) is 8.85. The first kappa shape index (κ1) is 22.3. The van der Waals surface area contributed by atoms with Crippen LogP contribution in [0, 0.1) is 5.92 Å². The number of hydrogen-bond acceptors (Lipinski definition) is 4. The van der Waals surface area contributed by atoms with Crippen molar-refractivity contribution in [3.63, 3.8) is 0 Å². The Labute approximate surface area is 185 Å². The summed E-state index contributed by atoms with van der Waals surface area (Å²) in [5, 5.41) is 0. The largest absolute Gasteiger partial charge is 0.340 e. The standard InChI is InChI=1S/C23H33N3O4S/c1-17-6-8-20(9-7-17)26(21-10-11-21)23(28)19-4-3-5-22(16-19)31(29,30)25-14-12-24(13-15-25)18(2)27/h3-5,16-17,20-21H,6-15H2,1-2H3. The molecular formula is C23H33N3O4S. The minimum atomic E-state index is -3.71. The summed E-state index contributed by atoms with van der Waals surface area (Å²) in [5.41, 5.74) is 0.453. The van der Waals surface area contributed by atoms with Crippen molar-refractivity contribution in [3.05, 3.63) is 29.8 Å². The quantitative estimate of drug-likeness (QED) is 0.695. The fraction of sp³-hybridized carbons (Fsp3) is 0.652. The molecule has 2 aliphatic carbocycles. The average molecular weight is 448 g/mol. The first-order valence-corrected chi connectivity index (χ1v) is 12.9. The predicted octanol–water partition coefficient (Wildman–Crippen LogP) is 2.72. The van der Waals surface area contributed by atoms with E-state index in [0.29, 0.717) is 30.6 Å². The minimum absolute atomic E-state index is 0.0399. The van der Waals surface area contributed by atoms with Crippen molar-refractivity contribution in [1.29, 1.82) is 0 Å². The van der Waals surface area contributed by atoms with Crippen LogP contribution in [0.4, 0.5) is 0 Å². The highest BCUT2D eigenvalue weighted by Crippen LogP contribution is 2.36. The molecule has 8 heteroatoms. The van der Waals surface area contributed by atoms with Crippen LogP contribution in [-0.2, 0) is 14.8 Å². The fourth-order valence-corrected chi connectivity index (χ4v) is 6.30. The summed E-state index contributed by atoms with van der Waals surface area (Å²) < 4.78 is 27.8. The van der Waals surface area contributed by atoms with Gasteiger partial charge < -0.3 is 9.80 Å². The van der Waals surface area contributed by atoms with Crippen LogP contribution in [0.5, 0.6) is 0 Å². The number of rotatable bonds is 5. The Morgan fingerprint density at radius 1 is 0.935 bits per heavy atom. The molecule has 7 nitrogen and oxygen atoms in total. The van der Waals surface area contributed by atoms with Crippen molar-refractivity contribution >= 4 is 21.8 Å². The molecule has 4 rings (SSSR count). The molecule has 1 aromatic rings. The molecular weight excluding hydrogens is 414 g/mol. The topological polar surface area (TPSA) is 78.0 Å². The summed E-state index contributed by atoms with van der Waals surface area (Å²) in [6.07, 6.45) is 6.42. The Morgan fingerprint density at radius 2 is 1.52 bits per heavy atom. The Morgan fingerprint density at radius 3 is 2.06 bits per heavy atom. The van der Waals surface area contributed by atoms with E-state index in [4.69, 9.17) is 0 Å². The van der Waals surface area contributed by atoms with E-state index in [1.165, 1.54) is 17.3 Å². The number of carbonyl (C=O) groups excluding carboxylic acids is 2. The van der Waals surface area contributed by atoms with Crippen molar-refractivity contribution < 1.29 is 18.0 Å². The molecule has 3 aliphatic rings. The number of benzene rings is 1. The molecule has 1 saturated heterocycles. The van der Waals surface area contributed by atoms with E-state index >= 15 is 0 Å². The molecule has 3 fully saturated rings. The summed E-state index contributed by atoms with van der Waals surface area (Å²) in [6, 6.07) is 7.06. The van der Waals surface area contributed by atoms with E-state index in [0.717, 1.165) is 38.5 Å². The molecule has 2 saturated carbocycles. The van der Waals surface area contributed by atoms with Gasteiger partial charge in [-0.3, -0.25) is 9.59 Å². The minimum Gasteiger partial charge on any atom is -0.340 e. The molecule has 0 radical (unpaired) electrons. The summed E-state index contributed by atoms with van der Waals surface area (Å²) >= 11 is 0. The van der Waals surface area contributed by atoms with Crippen molar-refractivity contribution in [3.8, 4) is 0 Å². The van der Waals surface area contributed by atoms with Crippen LogP contribution < -0.4 is 0 Å². The Kier molecular flexibility index (Phi) is 6.40. The zero-order valence-electron chi connectivity index (χ0n) is 18.5. The van der Waals surface area contributed by atoms with Gasteiger partial charge in [-0.2, -0.15) is 4.31 Å². The molecule has 31 heavy (non-hydrogen) atoms. The van der Waals surface area contributed by atoms with Gasteiger partial charge in [-0.1, -0.05) is 13.0 Å². The third-order valence-electron chi connectivity index (χ3n) is 6.96. The lowest BCUT2D eigenvalue weighted by Crippen LogP contribution is -2.50. The number of sulfonamides is 1. The van der Waals surface area contributed by atoms with E-state index in [2.05, 4.69) is 6.92 Å². The lowest BCUT2D eigenvalue weighted by atomic mass is 9.86. The lowest BCUT2D eigenvalue weighted by Gasteiger charge is -2.36. The van der Waals surface area contributed by atoms with Gasteiger partial charge in [0, 0.05) is 50.7 Å². The Bertz CT molecular complexity index is 928. The molecule has 1 aliphatic heterocycles. The number of amides is 2. The first-order valence-electron chi connectivity index (χ1n) is 11.5. The first-order chi connectivity index (χ1) is 14.8. The smallest absolute Gasteiger partial charge is 0.254 e. The van der Waals surface area contributed by atoms with Gasteiger partial charge in [-0.05, 0) is 62.6 Å². The van der Waals surface area contributed by atoms with Gasteiger partial charge in [0.2, 0.25) is 15.9 Å². The summed E-state index contributed by atoms with van der Waals surface area (Å²) in [6.45, 7) is 5.09. The monoisotopic (exact) mass is 447 g/mol. The van der Waals surface area contributed by atoms with Gasteiger partial charge in [-0.15, -0.1) is 0 Å². The molecule has 0 bridgehead atoms. The van der Waals surface area contributed by atoms with Gasteiger partial charge in [0.1, 0.15) is 0 Å². The maximum absolute atomic E-state index is 13.5. The van der Waals surface area contributed by atoms with Crippen molar-refractivity contribution in [2.45, 2.75) is 69.4 Å². The van der Waals surface area contributed by atoms with Crippen molar-refractivity contribution in [1.82, 2.24) is 14.1 Å².